The zero-order valence-corrected chi connectivity index (χ0v) is 11.7. The number of aryl methyl sites for hydroxylation is 2. The van der Waals surface area contributed by atoms with Crippen LogP contribution in [0.5, 0.6) is 0 Å². The van der Waals surface area contributed by atoms with Crippen LogP contribution in [0.1, 0.15) is 16.3 Å². The second-order valence-electron chi connectivity index (χ2n) is 3.65. The minimum absolute atomic E-state index is 0.829. The van der Waals surface area contributed by atoms with E-state index in [1.807, 2.05) is 18.7 Å². The summed E-state index contributed by atoms with van der Waals surface area (Å²) in [5.41, 5.74) is 2.23. The van der Waals surface area contributed by atoms with Crippen LogP contribution in [-0.4, -0.2) is 9.78 Å². The number of thiophene rings is 1. The Labute approximate surface area is 108 Å². The van der Waals surface area contributed by atoms with Crippen molar-refractivity contribution in [1.82, 2.24) is 15.1 Å². The first-order valence-corrected chi connectivity index (χ1v) is 6.77. The highest BCUT2D eigenvalue weighted by atomic mass is 79.9. The maximum Gasteiger partial charge on any atom is 0.0739 e. The Kier molecular flexibility index (Phi) is 3.78. The maximum atomic E-state index is 4.36. The Morgan fingerprint density at radius 2 is 2.31 bits per heavy atom. The zero-order valence-electron chi connectivity index (χ0n) is 9.33. The van der Waals surface area contributed by atoms with E-state index >= 15 is 0 Å². The lowest BCUT2D eigenvalue weighted by Crippen LogP contribution is -2.14. The van der Waals surface area contributed by atoms with Crippen molar-refractivity contribution in [3.8, 4) is 0 Å². The fourth-order valence-corrected chi connectivity index (χ4v) is 2.74. The lowest BCUT2D eigenvalue weighted by molar-refractivity contribution is 0.626. The fourth-order valence-electron chi connectivity index (χ4n) is 1.59. The summed E-state index contributed by atoms with van der Waals surface area (Å²) in [7, 11) is 1.97. The molecular formula is C11H14BrN3S. The van der Waals surface area contributed by atoms with Crippen molar-refractivity contribution in [3.63, 3.8) is 0 Å². The number of rotatable bonds is 4. The molecule has 0 aliphatic heterocycles. The van der Waals surface area contributed by atoms with Crippen LogP contribution in [0.25, 0.3) is 0 Å². The van der Waals surface area contributed by atoms with Gasteiger partial charge in [-0.15, -0.1) is 11.3 Å². The van der Waals surface area contributed by atoms with Gasteiger partial charge in [0.05, 0.1) is 15.9 Å². The standard InChI is InChI=1S/C11H14BrN3S/c1-8-11(12)10(15(2)14-8)7-13-6-9-4-3-5-16-9/h3-5,13H,6-7H2,1-2H3. The second-order valence-corrected chi connectivity index (χ2v) is 5.48. The van der Waals surface area contributed by atoms with Crippen LogP contribution in [-0.2, 0) is 20.1 Å². The van der Waals surface area contributed by atoms with Crippen molar-refractivity contribution < 1.29 is 0 Å². The van der Waals surface area contributed by atoms with Gasteiger partial charge in [0.2, 0.25) is 0 Å². The topological polar surface area (TPSA) is 29.9 Å². The lowest BCUT2D eigenvalue weighted by Gasteiger charge is -2.04. The molecule has 2 rings (SSSR count). The highest BCUT2D eigenvalue weighted by Gasteiger charge is 2.09. The molecule has 0 amide bonds. The van der Waals surface area contributed by atoms with E-state index in [1.165, 1.54) is 10.6 Å². The van der Waals surface area contributed by atoms with Gasteiger partial charge in [-0.1, -0.05) is 6.07 Å². The molecular weight excluding hydrogens is 286 g/mol. The summed E-state index contributed by atoms with van der Waals surface area (Å²) in [6, 6.07) is 4.22. The van der Waals surface area contributed by atoms with Crippen LogP contribution in [0.2, 0.25) is 0 Å². The molecule has 0 aromatic carbocycles. The van der Waals surface area contributed by atoms with E-state index in [0.717, 1.165) is 23.3 Å². The van der Waals surface area contributed by atoms with E-state index in [1.54, 1.807) is 11.3 Å². The molecule has 2 heterocycles. The smallest absolute Gasteiger partial charge is 0.0739 e. The average Bonchev–Trinajstić information content (AvgIpc) is 2.82. The molecule has 3 nitrogen and oxygen atoms in total. The van der Waals surface area contributed by atoms with E-state index in [4.69, 9.17) is 0 Å². The Morgan fingerprint density at radius 3 is 2.88 bits per heavy atom. The molecule has 0 aliphatic rings. The van der Waals surface area contributed by atoms with Crippen molar-refractivity contribution in [2.75, 3.05) is 0 Å². The van der Waals surface area contributed by atoms with Gasteiger partial charge >= 0.3 is 0 Å². The first kappa shape index (κ1) is 11.8. The highest BCUT2D eigenvalue weighted by molar-refractivity contribution is 9.10. The predicted octanol–water partition coefficient (Wildman–Crippen LogP) is 2.84. The maximum absolute atomic E-state index is 4.36. The Morgan fingerprint density at radius 1 is 1.50 bits per heavy atom. The molecule has 2 aromatic rings. The normalized spacial score (nSPS) is 10.9. The number of hydrogen-bond acceptors (Lipinski definition) is 3. The Balaban J connectivity index is 1.95. The quantitative estimate of drug-likeness (QED) is 0.941. The molecule has 86 valence electrons. The van der Waals surface area contributed by atoms with Gasteiger partial charge in [-0.25, -0.2) is 0 Å². The van der Waals surface area contributed by atoms with E-state index in [0.29, 0.717) is 0 Å². The third kappa shape index (κ3) is 2.53. The fraction of sp³-hybridized carbons (Fsp3) is 0.364. The molecule has 0 bridgehead atoms. The SMILES string of the molecule is Cc1nn(C)c(CNCc2cccs2)c1Br. The predicted molar refractivity (Wildman–Crippen MR) is 70.5 cm³/mol. The molecule has 2 aromatic heterocycles. The van der Waals surface area contributed by atoms with E-state index in [2.05, 4.69) is 43.9 Å². The molecule has 16 heavy (non-hydrogen) atoms. The van der Waals surface area contributed by atoms with Crippen LogP contribution in [0.3, 0.4) is 0 Å². The van der Waals surface area contributed by atoms with E-state index in [-0.39, 0.29) is 0 Å². The minimum atomic E-state index is 0.829. The van der Waals surface area contributed by atoms with Crippen LogP contribution in [0.15, 0.2) is 22.0 Å². The molecule has 0 atom stereocenters. The Bertz CT molecular complexity index is 462. The molecule has 0 fully saturated rings. The van der Waals surface area contributed by atoms with Crippen molar-refractivity contribution in [1.29, 1.82) is 0 Å². The first-order chi connectivity index (χ1) is 7.68. The zero-order chi connectivity index (χ0) is 11.5. The minimum Gasteiger partial charge on any atom is -0.306 e. The van der Waals surface area contributed by atoms with Crippen molar-refractivity contribution in [2.24, 2.45) is 7.05 Å². The van der Waals surface area contributed by atoms with Crippen LogP contribution in [0, 0.1) is 6.92 Å². The molecule has 0 unspecified atom stereocenters. The average molecular weight is 300 g/mol. The van der Waals surface area contributed by atoms with Gasteiger partial charge in [0.15, 0.2) is 0 Å². The van der Waals surface area contributed by atoms with Crippen molar-refractivity contribution in [3.05, 3.63) is 38.3 Å². The lowest BCUT2D eigenvalue weighted by atomic mass is 10.3. The van der Waals surface area contributed by atoms with Gasteiger partial charge in [-0.3, -0.25) is 4.68 Å². The molecule has 0 spiro atoms. The van der Waals surface area contributed by atoms with Crippen molar-refractivity contribution >= 4 is 27.3 Å². The van der Waals surface area contributed by atoms with Gasteiger partial charge < -0.3 is 5.32 Å². The van der Waals surface area contributed by atoms with Crippen LogP contribution in [0.4, 0.5) is 0 Å². The summed E-state index contributed by atoms with van der Waals surface area (Å²) in [5.74, 6) is 0. The van der Waals surface area contributed by atoms with Crippen molar-refractivity contribution in [2.45, 2.75) is 20.0 Å². The third-order valence-electron chi connectivity index (χ3n) is 2.43. The number of nitrogens with one attached hydrogen (secondary N) is 1. The monoisotopic (exact) mass is 299 g/mol. The number of aromatic nitrogens is 2. The van der Waals surface area contributed by atoms with Gasteiger partial charge in [-0.2, -0.15) is 5.10 Å². The number of hydrogen-bond donors (Lipinski definition) is 1. The summed E-state index contributed by atoms with van der Waals surface area (Å²) in [6.07, 6.45) is 0. The van der Waals surface area contributed by atoms with Gasteiger partial charge in [0.25, 0.3) is 0 Å². The third-order valence-corrected chi connectivity index (χ3v) is 4.34. The van der Waals surface area contributed by atoms with E-state index < -0.39 is 0 Å². The summed E-state index contributed by atoms with van der Waals surface area (Å²) in [6.45, 7) is 3.75. The van der Waals surface area contributed by atoms with Crippen LogP contribution < -0.4 is 5.32 Å². The molecule has 1 N–H and O–H groups in total. The second kappa shape index (κ2) is 5.12. The number of nitrogens with zero attached hydrogens (tertiary/aromatic N) is 2. The molecule has 0 saturated carbocycles. The van der Waals surface area contributed by atoms with Gasteiger partial charge in [0, 0.05) is 25.0 Å². The van der Waals surface area contributed by atoms with Gasteiger partial charge in [0.1, 0.15) is 0 Å². The van der Waals surface area contributed by atoms with Gasteiger partial charge in [-0.05, 0) is 34.3 Å². The molecule has 0 radical (unpaired) electrons. The summed E-state index contributed by atoms with van der Waals surface area (Å²) in [5, 5.41) is 9.88. The number of halogens is 1. The molecule has 0 saturated heterocycles. The largest absolute Gasteiger partial charge is 0.306 e. The molecule has 0 aliphatic carbocycles. The van der Waals surface area contributed by atoms with Crippen LogP contribution >= 0.6 is 27.3 Å². The summed E-state index contributed by atoms with van der Waals surface area (Å²) < 4.78 is 3.02. The summed E-state index contributed by atoms with van der Waals surface area (Å²) >= 11 is 5.33. The molecule has 5 heteroatoms. The van der Waals surface area contributed by atoms with E-state index in [9.17, 15) is 0 Å². The Hall–Kier alpha value is -0.650. The highest BCUT2D eigenvalue weighted by Crippen LogP contribution is 2.20. The first-order valence-electron chi connectivity index (χ1n) is 5.09. The summed E-state index contributed by atoms with van der Waals surface area (Å²) in [4.78, 5) is 1.36.